The van der Waals surface area contributed by atoms with Crippen molar-refractivity contribution in [2.45, 2.75) is 62.6 Å². The molecule has 1 aliphatic rings. The molecule has 0 aromatic heterocycles. The molecule has 2 rings (SSSR count). The smallest absolute Gasteiger partial charge is 0.324 e. The molecule has 2 N–H and O–H groups in total. The first kappa shape index (κ1) is 20.3. The molecule has 1 amide bonds. The van der Waals surface area contributed by atoms with Gasteiger partial charge >= 0.3 is 5.97 Å². The van der Waals surface area contributed by atoms with Crippen LogP contribution in [0.3, 0.4) is 0 Å². The second-order valence-corrected chi connectivity index (χ2v) is 8.08. The molecule has 1 saturated carbocycles. The number of nitrogens with one attached hydrogen (secondary N) is 2. The molecular formula is C17H23FN2O5S. The summed E-state index contributed by atoms with van der Waals surface area (Å²) in [7, 11) is -4.01. The maximum Gasteiger partial charge on any atom is 0.324 e. The Kier molecular flexibility index (Phi) is 6.71. The van der Waals surface area contributed by atoms with E-state index in [4.69, 9.17) is 4.74 Å². The maximum absolute atomic E-state index is 12.9. The van der Waals surface area contributed by atoms with Gasteiger partial charge in [0.05, 0.1) is 4.90 Å². The highest BCUT2D eigenvalue weighted by molar-refractivity contribution is 7.89. The van der Waals surface area contributed by atoms with Crippen molar-refractivity contribution in [3.8, 4) is 0 Å². The van der Waals surface area contributed by atoms with Gasteiger partial charge in [0.15, 0.2) is 6.10 Å². The van der Waals surface area contributed by atoms with Crippen molar-refractivity contribution in [2.24, 2.45) is 0 Å². The summed E-state index contributed by atoms with van der Waals surface area (Å²) in [5.41, 5.74) is 0. The van der Waals surface area contributed by atoms with Crippen LogP contribution in [0.25, 0.3) is 0 Å². The molecule has 1 aliphatic carbocycles. The minimum absolute atomic E-state index is 0.0954. The largest absolute Gasteiger partial charge is 0.451 e. The van der Waals surface area contributed by atoms with E-state index < -0.39 is 39.9 Å². The van der Waals surface area contributed by atoms with E-state index in [0.29, 0.717) is 0 Å². The number of hydrogen-bond donors (Lipinski definition) is 2. The summed E-state index contributed by atoms with van der Waals surface area (Å²) in [6.07, 6.45) is 2.89. The Morgan fingerprint density at radius 1 is 1.15 bits per heavy atom. The third-order valence-electron chi connectivity index (χ3n) is 4.17. The zero-order valence-electron chi connectivity index (χ0n) is 14.7. The molecule has 1 aromatic rings. The van der Waals surface area contributed by atoms with E-state index in [9.17, 15) is 22.4 Å². The van der Waals surface area contributed by atoms with Gasteiger partial charge < -0.3 is 10.1 Å². The molecule has 1 fully saturated rings. The lowest BCUT2D eigenvalue weighted by atomic mass is 10.2. The standard InChI is InChI=1S/C17H23FN2O5S/c1-11(20-26(23,24)15-9-7-13(18)8-10-15)17(22)25-12(2)16(21)19-14-5-3-4-6-14/h7-12,14,20H,3-6H2,1-2H3,(H,19,21)/t11-,12-/m0/s1. The van der Waals surface area contributed by atoms with Gasteiger partial charge in [0, 0.05) is 6.04 Å². The molecule has 0 spiro atoms. The highest BCUT2D eigenvalue weighted by atomic mass is 32.2. The Hall–Kier alpha value is -2.00. The van der Waals surface area contributed by atoms with Crippen LogP contribution in [0, 0.1) is 5.82 Å². The molecule has 0 unspecified atom stereocenters. The fourth-order valence-corrected chi connectivity index (χ4v) is 3.87. The summed E-state index contributed by atoms with van der Waals surface area (Å²) in [5, 5.41) is 2.81. The van der Waals surface area contributed by atoms with Crippen LogP contribution in [0.4, 0.5) is 4.39 Å². The van der Waals surface area contributed by atoms with E-state index in [0.717, 1.165) is 49.9 Å². The van der Waals surface area contributed by atoms with Gasteiger partial charge in [-0.15, -0.1) is 0 Å². The number of rotatable bonds is 7. The van der Waals surface area contributed by atoms with E-state index >= 15 is 0 Å². The minimum atomic E-state index is -4.01. The van der Waals surface area contributed by atoms with Crippen LogP contribution in [0.15, 0.2) is 29.2 Å². The first-order valence-corrected chi connectivity index (χ1v) is 9.96. The van der Waals surface area contributed by atoms with Gasteiger partial charge in [-0.05, 0) is 51.0 Å². The Balaban J connectivity index is 1.89. The van der Waals surface area contributed by atoms with Crippen molar-refractivity contribution in [3.63, 3.8) is 0 Å². The van der Waals surface area contributed by atoms with Crippen LogP contribution in [0.1, 0.15) is 39.5 Å². The van der Waals surface area contributed by atoms with Gasteiger partial charge in [0.2, 0.25) is 10.0 Å². The lowest BCUT2D eigenvalue weighted by molar-refractivity contribution is -0.156. The topological polar surface area (TPSA) is 102 Å². The van der Waals surface area contributed by atoms with Gasteiger partial charge in [0.1, 0.15) is 11.9 Å². The Morgan fingerprint density at radius 2 is 1.73 bits per heavy atom. The van der Waals surface area contributed by atoms with Gasteiger partial charge in [-0.1, -0.05) is 12.8 Å². The third-order valence-corrected chi connectivity index (χ3v) is 5.73. The molecule has 0 heterocycles. The van der Waals surface area contributed by atoms with E-state index in [2.05, 4.69) is 10.0 Å². The molecule has 9 heteroatoms. The Bertz CT molecular complexity index is 745. The number of benzene rings is 1. The van der Waals surface area contributed by atoms with Crippen LogP contribution < -0.4 is 10.0 Å². The van der Waals surface area contributed by atoms with Crippen molar-refractivity contribution in [2.75, 3.05) is 0 Å². The molecule has 144 valence electrons. The maximum atomic E-state index is 12.9. The van der Waals surface area contributed by atoms with Crippen molar-refractivity contribution in [3.05, 3.63) is 30.1 Å². The number of halogens is 1. The Morgan fingerprint density at radius 3 is 2.31 bits per heavy atom. The zero-order valence-corrected chi connectivity index (χ0v) is 15.5. The summed E-state index contributed by atoms with van der Waals surface area (Å²) in [5.74, 6) is -1.85. The normalized spacial score (nSPS) is 17.5. The Labute approximate surface area is 152 Å². The first-order valence-electron chi connectivity index (χ1n) is 8.48. The number of ether oxygens (including phenoxy) is 1. The van der Waals surface area contributed by atoms with Gasteiger partial charge in [-0.3, -0.25) is 9.59 Å². The average Bonchev–Trinajstić information content (AvgIpc) is 3.07. The number of carbonyl (C=O) groups is 2. The van der Waals surface area contributed by atoms with E-state index in [-0.39, 0.29) is 10.9 Å². The minimum Gasteiger partial charge on any atom is -0.451 e. The van der Waals surface area contributed by atoms with Crippen LogP contribution >= 0.6 is 0 Å². The molecule has 0 aliphatic heterocycles. The van der Waals surface area contributed by atoms with Crippen molar-refractivity contribution < 1.29 is 27.1 Å². The highest BCUT2D eigenvalue weighted by Crippen LogP contribution is 2.18. The fourth-order valence-electron chi connectivity index (χ4n) is 2.68. The SMILES string of the molecule is C[C@H](NS(=O)(=O)c1ccc(F)cc1)C(=O)O[C@@H](C)C(=O)NC1CCCC1. The highest BCUT2D eigenvalue weighted by Gasteiger charge is 2.27. The molecular weight excluding hydrogens is 363 g/mol. The lowest BCUT2D eigenvalue weighted by Gasteiger charge is -2.19. The predicted octanol–water partition coefficient (Wildman–Crippen LogP) is 1.48. The van der Waals surface area contributed by atoms with Crippen LogP contribution in [0.5, 0.6) is 0 Å². The van der Waals surface area contributed by atoms with Crippen molar-refractivity contribution >= 4 is 21.9 Å². The molecule has 2 atom stereocenters. The van der Waals surface area contributed by atoms with Crippen molar-refractivity contribution in [1.29, 1.82) is 0 Å². The van der Waals surface area contributed by atoms with E-state index in [1.807, 2.05) is 0 Å². The molecule has 0 radical (unpaired) electrons. The van der Waals surface area contributed by atoms with E-state index in [1.165, 1.54) is 13.8 Å². The zero-order chi connectivity index (χ0) is 19.3. The molecule has 0 bridgehead atoms. The summed E-state index contributed by atoms with van der Waals surface area (Å²) >= 11 is 0. The van der Waals surface area contributed by atoms with Gasteiger partial charge in [-0.25, -0.2) is 12.8 Å². The van der Waals surface area contributed by atoms with Crippen LogP contribution in [-0.4, -0.2) is 38.5 Å². The molecule has 26 heavy (non-hydrogen) atoms. The molecule has 0 saturated heterocycles. The van der Waals surface area contributed by atoms with Crippen LogP contribution in [0.2, 0.25) is 0 Å². The third kappa shape index (κ3) is 5.50. The van der Waals surface area contributed by atoms with Gasteiger partial charge in [-0.2, -0.15) is 4.72 Å². The quantitative estimate of drug-likeness (QED) is 0.691. The van der Waals surface area contributed by atoms with Crippen LogP contribution in [-0.2, 0) is 24.3 Å². The number of sulfonamides is 1. The lowest BCUT2D eigenvalue weighted by Crippen LogP contribution is -2.45. The average molecular weight is 386 g/mol. The summed E-state index contributed by atoms with van der Waals surface area (Å²) < 4.78 is 44.5. The van der Waals surface area contributed by atoms with Gasteiger partial charge in [0.25, 0.3) is 5.91 Å². The first-order chi connectivity index (χ1) is 12.2. The summed E-state index contributed by atoms with van der Waals surface area (Å²) in [6.45, 7) is 2.74. The predicted molar refractivity (Wildman–Crippen MR) is 92.1 cm³/mol. The number of amides is 1. The second kappa shape index (κ2) is 8.59. The van der Waals surface area contributed by atoms with E-state index in [1.54, 1.807) is 0 Å². The number of carbonyl (C=O) groups excluding carboxylic acids is 2. The summed E-state index contributed by atoms with van der Waals surface area (Å²) in [6, 6.07) is 3.09. The monoisotopic (exact) mass is 386 g/mol. The fraction of sp³-hybridized carbons (Fsp3) is 0.529. The summed E-state index contributed by atoms with van der Waals surface area (Å²) in [4.78, 5) is 23.9. The van der Waals surface area contributed by atoms with Crippen molar-refractivity contribution in [1.82, 2.24) is 10.0 Å². The number of esters is 1. The molecule has 1 aromatic carbocycles. The second-order valence-electron chi connectivity index (χ2n) is 6.37. The number of hydrogen-bond acceptors (Lipinski definition) is 5. The molecule has 7 nitrogen and oxygen atoms in total.